The number of hydrogen-bond acceptors (Lipinski definition) is 2. The molecule has 0 aliphatic carbocycles. The van der Waals surface area contributed by atoms with Crippen molar-refractivity contribution in [2.24, 2.45) is 0 Å². The van der Waals surface area contributed by atoms with Crippen LogP contribution >= 0.6 is 23.8 Å². The van der Waals surface area contributed by atoms with Crippen LogP contribution in [-0.2, 0) is 6.54 Å². The first-order chi connectivity index (χ1) is 10.2. The second-order valence-electron chi connectivity index (χ2n) is 4.52. The van der Waals surface area contributed by atoms with Gasteiger partial charge in [-0.3, -0.25) is 0 Å². The van der Waals surface area contributed by atoms with Crippen LogP contribution in [0.1, 0.15) is 5.82 Å². The number of para-hydroxylation sites is 2. The van der Waals surface area contributed by atoms with Gasteiger partial charge >= 0.3 is 0 Å². The molecule has 3 rings (SSSR count). The van der Waals surface area contributed by atoms with Gasteiger partial charge in [-0.2, -0.15) is 0 Å². The Morgan fingerprint density at radius 3 is 2.86 bits per heavy atom. The van der Waals surface area contributed by atoms with Gasteiger partial charge in [-0.1, -0.05) is 29.8 Å². The maximum atomic E-state index is 5.93. The third kappa shape index (κ3) is 3.51. The van der Waals surface area contributed by atoms with E-state index in [9.17, 15) is 0 Å². The molecule has 0 aliphatic rings. The number of nitrogens with one attached hydrogen (secondary N) is 3. The zero-order chi connectivity index (χ0) is 14.7. The van der Waals surface area contributed by atoms with Crippen LogP contribution in [0.15, 0.2) is 48.5 Å². The first-order valence-corrected chi connectivity index (χ1v) is 7.23. The lowest BCUT2D eigenvalue weighted by Crippen LogP contribution is -2.28. The lowest BCUT2D eigenvalue weighted by Gasteiger charge is -2.09. The summed E-state index contributed by atoms with van der Waals surface area (Å²) in [5, 5.41) is 7.38. The highest BCUT2D eigenvalue weighted by atomic mass is 35.5. The molecule has 0 unspecified atom stereocenters. The number of benzene rings is 2. The SMILES string of the molecule is S=C(NCc1nc2ccccc2[nH]1)Nc1cccc(Cl)c1. The van der Waals surface area contributed by atoms with Crippen molar-refractivity contribution in [3.05, 3.63) is 59.4 Å². The van der Waals surface area contributed by atoms with Gasteiger partial charge in [0.2, 0.25) is 0 Å². The first kappa shape index (κ1) is 13.9. The number of hydrogen-bond donors (Lipinski definition) is 3. The van der Waals surface area contributed by atoms with Crippen LogP contribution < -0.4 is 10.6 Å². The second-order valence-corrected chi connectivity index (χ2v) is 5.36. The van der Waals surface area contributed by atoms with Crippen LogP contribution in [0.25, 0.3) is 11.0 Å². The van der Waals surface area contributed by atoms with Crippen LogP contribution in [0.3, 0.4) is 0 Å². The van der Waals surface area contributed by atoms with E-state index >= 15 is 0 Å². The molecule has 3 aromatic rings. The molecule has 106 valence electrons. The standard InChI is InChI=1S/C15H13ClN4S/c16-10-4-3-5-11(8-10)18-15(21)17-9-14-19-12-6-1-2-7-13(12)20-14/h1-8H,9H2,(H,19,20)(H2,17,18,21). The molecule has 3 N–H and O–H groups in total. The van der Waals surface area contributed by atoms with Gasteiger partial charge in [-0.05, 0) is 42.5 Å². The van der Waals surface area contributed by atoms with Crippen LogP contribution in [0, 0.1) is 0 Å². The van der Waals surface area contributed by atoms with Gasteiger partial charge in [0, 0.05) is 10.7 Å². The van der Waals surface area contributed by atoms with Crippen molar-refractivity contribution < 1.29 is 0 Å². The number of aromatic amines is 1. The normalized spacial score (nSPS) is 10.5. The Kier molecular flexibility index (Phi) is 4.03. The van der Waals surface area contributed by atoms with Crippen LogP contribution in [0.5, 0.6) is 0 Å². The molecule has 0 fully saturated rings. The van der Waals surface area contributed by atoms with E-state index in [0.29, 0.717) is 16.7 Å². The zero-order valence-corrected chi connectivity index (χ0v) is 12.6. The molecule has 1 heterocycles. The van der Waals surface area contributed by atoms with Gasteiger partial charge < -0.3 is 15.6 Å². The monoisotopic (exact) mass is 316 g/mol. The molecule has 4 nitrogen and oxygen atoms in total. The number of anilines is 1. The Labute approximate surface area is 132 Å². The second kappa shape index (κ2) is 6.11. The molecule has 0 saturated carbocycles. The van der Waals surface area contributed by atoms with E-state index in [1.165, 1.54) is 0 Å². The summed E-state index contributed by atoms with van der Waals surface area (Å²) in [6, 6.07) is 15.3. The van der Waals surface area contributed by atoms with E-state index in [1.54, 1.807) is 0 Å². The summed E-state index contributed by atoms with van der Waals surface area (Å²) in [6.07, 6.45) is 0. The lowest BCUT2D eigenvalue weighted by atomic mass is 10.3. The number of H-pyrrole nitrogens is 1. The Morgan fingerprint density at radius 1 is 1.19 bits per heavy atom. The van der Waals surface area contributed by atoms with Gasteiger partial charge in [-0.25, -0.2) is 4.98 Å². The summed E-state index contributed by atoms with van der Waals surface area (Å²) in [5.74, 6) is 0.839. The maximum Gasteiger partial charge on any atom is 0.171 e. The Morgan fingerprint density at radius 2 is 2.05 bits per heavy atom. The van der Waals surface area contributed by atoms with Gasteiger partial charge in [0.25, 0.3) is 0 Å². The number of imidazole rings is 1. The van der Waals surface area contributed by atoms with E-state index in [0.717, 1.165) is 22.5 Å². The third-order valence-electron chi connectivity index (χ3n) is 2.94. The van der Waals surface area contributed by atoms with Gasteiger partial charge in [0.05, 0.1) is 17.6 Å². The van der Waals surface area contributed by atoms with Crippen molar-refractivity contribution in [3.63, 3.8) is 0 Å². The molecule has 0 radical (unpaired) electrons. The van der Waals surface area contributed by atoms with E-state index in [1.807, 2.05) is 48.5 Å². The quantitative estimate of drug-likeness (QED) is 0.645. The van der Waals surface area contributed by atoms with Crippen molar-refractivity contribution in [1.29, 1.82) is 0 Å². The van der Waals surface area contributed by atoms with Crippen molar-refractivity contribution in [3.8, 4) is 0 Å². The topological polar surface area (TPSA) is 52.7 Å². The van der Waals surface area contributed by atoms with E-state index in [4.69, 9.17) is 23.8 Å². The average molecular weight is 317 g/mol. The lowest BCUT2D eigenvalue weighted by molar-refractivity contribution is 0.859. The highest BCUT2D eigenvalue weighted by molar-refractivity contribution is 7.80. The molecule has 0 saturated heterocycles. The molecule has 0 atom stereocenters. The molecule has 21 heavy (non-hydrogen) atoms. The summed E-state index contributed by atoms with van der Waals surface area (Å²) in [5.41, 5.74) is 2.82. The van der Waals surface area contributed by atoms with Crippen LogP contribution in [0.4, 0.5) is 5.69 Å². The van der Waals surface area contributed by atoms with E-state index in [2.05, 4.69) is 20.6 Å². The maximum absolute atomic E-state index is 5.93. The van der Waals surface area contributed by atoms with Gasteiger partial charge in [-0.15, -0.1) is 0 Å². The largest absolute Gasteiger partial charge is 0.355 e. The van der Waals surface area contributed by atoms with Crippen molar-refractivity contribution in [2.75, 3.05) is 5.32 Å². The Balaban J connectivity index is 1.60. The Hall–Kier alpha value is -2.11. The van der Waals surface area contributed by atoms with Crippen molar-refractivity contribution >= 4 is 45.7 Å². The third-order valence-corrected chi connectivity index (χ3v) is 3.42. The molecule has 2 aromatic carbocycles. The van der Waals surface area contributed by atoms with Crippen molar-refractivity contribution in [2.45, 2.75) is 6.54 Å². The fourth-order valence-electron chi connectivity index (χ4n) is 1.99. The molecular weight excluding hydrogens is 304 g/mol. The summed E-state index contributed by atoms with van der Waals surface area (Å²) in [7, 11) is 0. The molecule has 0 amide bonds. The van der Waals surface area contributed by atoms with E-state index in [-0.39, 0.29) is 0 Å². The summed E-state index contributed by atoms with van der Waals surface area (Å²) in [4.78, 5) is 7.72. The fourth-order valence-corrected chi connectivity index (χ4v) is 2.38. The minimum atomic E-state index is 0.526. The predicted octanol–water partition coefficient (Wildman–Crippen LogP) is 3.70. The van der Waals surface area contributed by atoms with E-state index < -0.39 is 0 Å². The number of nitrogens with zero attached hydrogens (tertiary/aromatic N) is 1. The number of thiocarbonyl (C=S) groups is 1. The molecule has 1 aromatic heterocycles. The van der Waals surface area contributed by atoms with Crippen LogP contribution in [0.2, 0.25) is 5.02 Å². The van der Waals surface area contributed by atoms with Gasteiger partial charge in [0.15, 0.2) is 5.11 Å². The average Bonchev–Trinajstić information content (AvgIpc) is 2.88. The smallest absolute Gasteiger partial charge is 0.171 e. The minimum Gasteiger partial charge on any atom is -0.355 e. The van der Waals surface area contributed by atoms with Gasteiger partial charge in [0.1, 0.15) is 5.82 Å². The fraction of sp³-hybridized carbons (Fsp3) is 0.0667. The molecule has 0 bridgehead atoms. The Bertz CT molecular complexity index is 751. The molecular formula is C15H13ClN4S. The molecule has 6 heteroatoms. The summed E-state index contributed by atoms with van der Waals surface area (Å²) < 4.78 is 0. The predicted molar refractivity (Wildman–Crippen MR) is 90.6 cm³/mol. The first-order valence-electron chi connectivity index (χ1n) is 6.45. The zero-order valence-electron chi connectivity index (χ0n) is 11.1. The van der Waals surface area contributed by atoms with Crippen LogP contribution in [-0.4, -0.2) is 15.1 Å². The minimum absolute atomic E-state index is 0.526. The number of rotatable bonds is 3. The highest BCUT2D eigenvalue weighted by Gasteiger charge is 2.03. The number of aromatic nitrogens is 2. The number of halogens is 1. The van der Waals surface area contributed by atoms with Crippen molar-refractivity contribution in [1.82, 2.24) is 15.3 Å². The highest BCUT2D eigenvalue weighted by Crippen LogP contribution is 2.14. The summed E-state index contributed by atoms with van der Waals surface area (Å²) in [6.45, 7) is 0.529. The molecule has 0 aliphatic heterocycles. The molecule has 0 spiro atoms. The number of fused-ring (bicyclic) bond motifs is 1. The summed E-state index contributed by atoms with van der Waals surface area (Å²) >= 11 is 11.2.